The molecule has 0 atom stereocenters. The van der Waals surface area contributed by atoms with Gasteiger partial charge in [-0.1, -0.05) is 18.2 Å². The second-order valence-corrected chi connectivity index (χ2v) is 3.62. The first kappa shape index (κ1) is 15.4. The van der Waals surface area contributed by atoms with Gasteiger partial charge in [0.1, 0.15) is 17.4 Å². The third-order valence-electron chi connectivity index (χ3n) is 2.19. The predicted octanol–water partition coefficient (Wildman–Crippen LogP) is 2.50. The minimum Gasteiger partial charge on any atom is -0.435 e. The van der Waals surface area contributed by atoms with Gasteiger partial charge in [-0.2, -0.15) is 14.0 Å². The van der Waals surface area contributed by atoms with Gasteiger partial charge in [-0.3, -0.25) is 4.79 Å². The zero-order valence-electron chi connectivity index (χ0n) is 10.5. The van der Waals surface area contributed by atoms with Gasteiger partial charge >= 0.3 is 6.61 Å². The lowest BCUT2D eigenvalue weighted by Gasteiger charge is -2.04. The summed E-state index contributed by atoms with van der Waals surface area (Å²) in [4.78, 5) is 11.6. The molecule has 1 aromatic carbocycles. The Hall–Kier alpha value is -2.68. The summed E-state index contributed by atoms with van der Waals surface area (Å²) < 4.78 is 28.1. The van der Waals surface area contributed by atoms with Crippen molar-refractivity contribution in [2.24, 2.45) is 0 Å². The van der Waals surface area contributed by atoms with Gasteiger partial charge in [0.05, 0.1) is 0 Å². The molecule has 0 aliphatic rings. The number of carbonyl (C=O) groups excluding carboxylic acids is 1. The second-order valence-electron chi connectivity index (χ2n) is 3.62. The number of nitrogens with one attached hydrogen (secondary N) is 1. The van der Waals surface area contributed by atoms with Gasteiger partial charge in [-0.15, -0.1) is 6.58 Å². The number of hydrogen-bond donors (Lipinski definition) is 1. The maximum atomic E-state index is 12.0. The fourth-order valence-corrected chi connectivity index (χ4v) is 1.32. The van der Waals surface area contributed by atoms with Crippen LogP contribution in [0.3, 0.4) is 0 Å². The van der Waals surface area contributed by atoms with Crippen LogP contribution in [0.1, 0.15) is 5.56 Å². The molecule has 20 heavy (non-hydrogen) atoms. The lowest BCUT2D eigenvalue weighted by molar-refractivity contribution is -0.116. The molecule has 0 fully saturated rings. The normalized spacial score (nSPS) is 10.8. The van der Waals surface area contributed by atoms with Crippen LogP contribution in [0.25, 0.3) is 6.08 Å². The minimum atomic E-state index is -2.89. The highest BCUT2D eigenvalue weighted by Crippen LogP contribution is 2.16. The van der Waals surface area contributed by atoms with E-state index in [0.29, 0.717) is 5.56 Å². The number of nitrogens with zero attached hydrogens (tertiary/aromatic N) is 1. The minimum absolute atomic E-state index is 0.00627. The van der Waals surface area contributed by atoms with Crippen LogP contribution < -0.4 is 10.1 Å². The van der Waals surface area contributed by atoms with Crippen LogP contribution in [-0.4, -0.2) is 19.1 Å². The maximum Gasteiger partial charge on any atom is 0.387 e. The molecule has 0 unspecified atom stereocenters. The highest BCUT2D eigenvalue weighted by Gasteiger charge is 2.08. The lowest BCUT2D eigenvalue weighted by atomic mass is 10.1. The molecule has 1 aromatic rings. The zero-order valence-corrected chi connectivity index (χ0v) is 10.5. The number of halogens is 2. The number of benzene rings is 1. The van der Waals surface area contributed by atoms with Crippen molar-refractivity contribution in [2.45, 2.75) is 6.61 Å². The fourth-order valence-electron chi connectivity index (χ4n) is 1.32. The van der Waals surface area contributed by atoms with Gasteiger partial charge < -0.3 is 10.1 Å². The number of amides is 1. The van der Waals surface area contributed by atoms with Crippen LogP contribution in [0.2, 0.25) is 0 Å². The molecule has 0 aliphatic heterocycles. The van der Waals surface area contributed by atoms with E-state index < -0.39 is 12.5 Å². The Morgan fingerprint density at radius 1 is 1.45 bits per heavy atom. The topological polar surface area (TPSA) is 62.1 Å². The van der Waals surface area contributed by atoms with Gasteiger partial charge in [0, 0.05) is 6.54 Å². The zero-order chi connectivity index (χ0) is 15.0. The van der Waals surface area contributed by atoms with Crippen LogP contribution in [-0.2, 0) is 4.79 Å². The second kappa shape index (κ2) is 7.69. The highest BCUT2D eigenvalue weighted by atomic mass is 19.3. The molecule has 0 aliphatic carbocycles. The third-order valence-corrected chi connectivity index (χ3v) is 2.19. The van der Waals surface area contributed by atoms with E-state index >= 15 is 0 Å². The van der Waals surface area contributed by atoms with E-state index in [9.17, 15) is 13.6 Å². The van der Waals surface area contributed by atoms with E-state index in [1.807, 2.05) is 0 Å². The largest absolute Gasteiger partial charge is 0.435 e. The number of hydrogen-bond acceptors (Lipinski definition) is 3. The van der Waals surface area contributed by atoms with Crippen molar-refractivity contribution >= 4 is 12.0 Å². The van der Waals surface area contributed by atoms with E-state index in [4.69, 9.17) is 5.26 Å². The van der Waals surface area contributed by atoms with Crippen molar-refractivity contribution < 1.29 is 18.3 Å². The summed E-state index contributed by atoms with van der Waals surface area (Å²) in [6, 6.07) is 7.36. The molecule has 0 radical (unpaired) electrons. The first-order valence-corrected chi connectivity index (χ1v) is 5.62. The molecule has 4 nitrogen and oxygen atoms in total. The Balaban J connectivity index is 2.83. The molecule has 1 amide bonds. The molecule has 0 bridgehead atoms. The summed E-state index contributed by atoms with van der Waals surface area (Å²) in [6.07, 6.45) is 2.84. The summed E-state index contributed by atoms with van der Waals surface area (Å²) in [5.41, 5.74) is 0.436. The molecule has 0 saturated heterocycles. The van der Waals surface area contributed by atoms with Crippen molar-refractivity contribution in [2.75, 3.05) is 6.54 Å². The van der Waals surface area contributed by atoms with Crippen LogP contribution in [0.4, 0.5) is 8.78 Å². The van der Waals surface area contributed by atoms with Crippen molar-refractivity contribution in [3.63, 3.8) is 0 Å². The van der Waals surface area contributed by atoms with Crippen LogP contribution in [0, 0.1) is 11.3 Å². The fraction of sp³-hybridized carbons (Fsp3) is 0.143. The standard InChI is InChI=1S/C14H12F2N2O2/c1-2-7-18-13(19)11(9-17)8-10-3-5-12(6-4-10)20-14(15)16/h2-6,8,14H,1,7H2,(H,18,19). The monoisotopic (exact) mass is 278 g/mol. The molecule has 0 heterocycles. The van der Waals surface area contributed by atoms with Crippen LogP contribution in [0.15, 0.2) is 42.5 Å². The molecule has 0 saturated carbocycles. The van der Waals surface area contributed by atoms with Gasteiger partial charge in [-0.05, 0) is 23.8 Å². The first-order valence-electron chi connectivity index (χ1n) is 5.62. The van der Waals surface area contributed by atoms with Gasteiger partial charge in [0.25, 0.3) is 5.91 Å². The number of rotatable bonds is 6. The summed E-state index contributed by atoms with van der Waals surface area (Å²) >= 11 is 0. The molecular formula is C14H12F2N2O2. The molecule has 0 aromatic heterocycles. The lowest BCUT2D eigenvalue weighted by Crippen LogP contribution is -2.24. The van der Waals surface area contributed by atoms with E-state index in [1.165, 1.54) is 36.4 Å². The Labute approximate surface area is 115 Å². The number of nitriles is 1. The highest BCUT2D eigenvalue weighted by molar-refractivity contribution is 6.01. The number of carbonyl (C=O) groups is 1. The smallest absolute Gasteiger partial charge is 0.387 e. The van der Waals surface area contributed by atoms with Gasteiger partial charge in [-0.25, -0.2) is 0 Å². The maximum absolute atomic E-state index is 12.0. The summed E-state index contributed by atoms with van der Waals surface area (Å²) in [7, 11) is 0. The van der Waals surface area contributed by atoms with Crippen molar-refractivity contribution in [1.29, 1.82) is 5.26 Å². The summed E-state index contributed by atoms with van der Waals surface area (Å²) in [5, 5.41) is 11.4. The number of ether oxygens (including phenoxy) is 1. The van der Waals surface area contributed by atoms with E-state index in [-0.39, 0.29) is 17.9 Å². The van der Waals surface area contributed by atoms with Crippen molar-refractivity contribution in [3.05, 3.63) is 48.1 Å². The summed E-state index contributed by atoms with van der Waals surface area (Å²) in [5.74, 6) is -0.521. The van der Waals surface area contributed by atoms with Crippen LogP contribution >= 0.6 is 0 Å². The summed E-state index contributed by atoms with van der Waals surface area (Å²) in [6.45, 7) is 0.799. The van der Waals surface area contributed by atoms with Gasteiger partial charge in [0.15, 0.2) is 0 Å². The average molecular weight is 278 g/mol. The quantitative estimate of drug-likeness (QED) is 0.494. The molecule has 0 spiro atoms. The van der Waals surface area contributed by atoms with Crippen molar-refractivity contribution in [1.82, 2.24) is 5.32 Å². The van der Waals surface area contributed by atoms with E-state index in [0.717, 1.165) is 0 Å². The average Bonchev–Trinajstić information content (AvgIpc) is 2.43. The predicted molar refractivity (Wildman–Crippen MR) is 69.9 cm³/mol. The van der Waals surface area contributed by atoms with Crippen molar-refractivity contribution in [3.8, 4) is 11.8 Å². The molecule has 6 heteroatoms. The molecule has 1 N–H and O–H groups in total. The van der Waals surface area contributed by atoms with Crippen LogP contribution in [0.5, 0.6) is 5.75 Å². The molecule has 1 rings (SSSR count). The number of alkyl halides is 2. The van der Waals surface area contributed by atoms with Gasteiger partial charge in [0.2, 0.25) is 0 Å². The Morgan fingerprint density at radius 2 is 2.10 bits per heavy atom. The third kappa shape index (κ3) is 4.90. The Bertz CT molecular complexity index is 545. The van der Waals surface area contributed by atoms with E-state index in [2.05, 4.69) is 16.6 Å². The Morgan fingerprint density at radius 3 is 2.60 bits per heavy atom. The first-order chi connectivity index (χ1) is 9.56. The molecule has 104 valence electrons. The SMILES string of the molecule is C=CCNC(=O)C(C#N)=Cc1ccc(OC(F)F)cc1. The Kier molecular flexibility index (Phi) is 5.91. The molecular weight excluding hydrogens is 266 g/mol. The van der Waals surface area contributed by atoms with E-state index in [1.54, 1.807) is 6.07 Å².